The molecule has 70 valence electrons. The van der Waals surface area contributed by atoms with Gasteiger partial charge in [-0.15, -0.1) is 0 Å². The zero-order valence-electron chi connectivity index (χ0n) is 7.02. The molecule has 0 bridgehead atoms. The number of hydrogen-bond donors (Lipinski definition) is 2. The molecule has 0 aliphatic carbocycles. The quantitative estimate of drug-likeness (QED) is 0.689. The van der Waals surface area contributed by atoms with Crippen LogP contribution in [-0.4, -0.2) is 20.7 Å². The van der Waals surface area contributed by atoms with Crippen LogP contribution in [0.25, 0.3) is 0 Å². The predicted octanol–water partition coefficient (Wildman–Crippen LogP) is 0.272. The van der Waals surface area contributed by atoms with Crippen molar-refractivity contribution in [1.82, 2.24) is 4.57 Å². The molecule has 0 radical (unpaired) electrons. The third-order valence-electron chi connectivity index (χ3n) is 1.68. The van der Waals surface area contributed by atoms with E-state index in [4.69, 9.17) is 10.2 Å². The van der Waals surface area contributed by atoms with Crippen LogP contribution in [0.3, 0.4) is 0 Å². The van der Waals surface area contributed by atoms with Crippen LogP contribution in [0, 0.1) is 0 Å². The summed E-state index contributed by atoms with van der Waals surface area (Å²) in [5.74, 6) is -1.75. The number of aryl methyl sites for hydroxylation is 1. The van der Waals surface area contributed by atoms with Gasteiger partial charge < -0.3 is 14.8 Å². The van der Waals surface area contributed by atoms with Crippen LogP contribution in [0.2, 0.25) is 0 Å². The maximum Gasteiger partial charge on any atom is 0.340 e. The van der Waals surface area contributed by atoms with E-state index in [0.717, 1.165) is 12.3 Å². The monoisotopic (exact) mass is 183 g/mol. The maximum atomic E-state index is 11.1. The van der Waals surface area contributed by atoms with Crippen LogP contribution in [0.15, 0.2) is 17.1 Å². The van der Waals surface area contributed by atoms with Gasteiger partial charge in [0, 0.05) is 18.8 Å². The summed E-state index contributed by atoms with van der Waals surface area (Å²) < 4.78 is 1.21. The van der Waals surface area contributed by atoms with Crippen molar-refractivity contribution in [3.63, 3.8) is 0 Å². The average molecular weight is 183 g/mol. The van der Waals surface area contributed by atoms with Gasteiger partial charge in [-0.1, -0.05) is 0 Å². The molecule has 0 aliphatic heterocycles. The summed E-state index contributed by atoms with van der Waals surface area (Å²) in [5, 5.41) is 17.7. The second kappa shape index (κ2) is 3.30. The molecule has 0 saturated heterocycles. The lowest BCUT2D eigenvalue weighted by Gasteiger charge is -2.03. The van der Waals surface area contributed by atoms with E-state index in [1.54, 1.807) is 6.92 Å². The van der Waals surface area contributed by atoms with Crippen molar-refractivity contribution in [2.75, 3.05) is 0 Å². The predicted molar refractivity (Wildman–Crippen MR) is 45.0 cm³/mol. The molecule has 1 rings (SSSR count). The summed E-state index contributed by atoms with van der Waals surface area (Å²) in [7, 11) is 0. The number of carbonyl (C=O) groups is 1. The lowest BCUT2D eigenvalue weighted by atomic mass is 10.2. The largest absolute Gasteiger partial charge is 0.507 e. The van der Waals surface area contributed by atoms with Crippen molar-refractivity contribution >= 4 is 5.97 Å². The first-order chi connectivity index (χ1) is 6.06. The molecule has 0 amide bonds. The van der Waals surface area contributed by atoms with Gasteiger partial charge in [0.1, 0.15) is 11.3 Å². The van der Waals surface area contributed by atoms with E-state index >= 15 is 0 Å². The molecule has 0 aromatic carbocycles. The molecule has 2 N–H and O–H groups in total. The van der Waals surface area contributed by atoms with Crippen molar-refractivity contribution in [3.8, 4) is 5.75 Å². The number of carboxylic acid groups (broad SMARTS) is 1. The zero-order chi connectivity index (χ0) is 10.0. The minimum atomic E-state index is -1.25. The number of carboxylic acids is 1. The second-order valence-electron chi connectivity index (χ2n) is 2.50. The van der Waals surface area contributed by atoms with Crippen LogP contribution < -0.4 is 5.56 Å². The molecule has 0 unspecified atom stereocenters. The first-order valence-corrected chi connectivity index (χ1v) is 3.73. The first-order valence-electron chi connectivity index (χ1n) is 3.73. The van der Waals surface area contributed by atoms with E-state index in [9.17, 15) is 9.59 Å². The highest BCUT2D eigenvalue weighted by molar-refractivity contribution is 5.90. The SMILES string of the molecule is CCn1cc(C(=O)O)c(O)cc1=O. The van der Waals surface area contributed by atoms with E-state index in [-0.39, 0.29) is 5.56 Å². The number of nitrogens with zero attached hydrogens (tertiary/aromatic N) is 1. The van der Waals surface area contributed by atoms with Gasteiger partial charge in [-0.05, 0) is 6.92 Å². The Hall–Kier alpha value is -1.78. The standard InChI is InChI=1S/C8H9NO4/c1-2-9-4-5(8(12)13)6(10)3-7(9)11/h3-4,10H,2H2,1H3,(H,12,13). The molecule has 1 heterocycles. The second-order valence-corrected chi connectivity index (χ2v) is 2.50. The molecule has 0 atom stereocenters. The summed E-state index contributed by atoms with van der Waals surface area (Å²) in [6.45, 7) is 2.09. The van der Waals surface area contributed by atoms with Crippen molar-refractivity contribution in [2.45, 2.75) is 13.5 Å². The lowest BCUT2D eigenvalue weighted by Crippen LogP contribution is -2.19. The van der Waals surface area contributed by atoms with Gasteiger partial charge in [-0.3, -0.25) is 4.79 Å². The zero-order valence-corrected chi connectivity index (χ0v) is 7.02. The topological polar surface area (TPSA) is 79.5 Å². The van der Waals surface area contributed by atoms with Gasteiger partial charge >= 0.3 is 5.97 Å². The molecular weight excluding hydrogens is 174 g/mol. The normalized spacial score (nSPS) is 9.92. The van der Waals surface area contributed by atoms with Gasteiger partial charge in [-0.25, -0.2) is 4.79 Å². The molecule has 0 saturated carbocycles. The highest BCUT2D eigenvalue weighted by atomic mass is 16.4. The van der Waals surface area contributed by atoms with Gasteiger partial charge in [-0.2, -0.15) is 0 Å². The fourth-order valence-corrected chi connectivity index (χ4v) is 0.975. The summed E-state index contributed by atoms with van der Waals surface area (Å²) in [4.78, 5) is 21.6. The van der Waals surface area contributed by atoms with Gasteiger partial charge in [0.15, 0.2) is 0 Å². The molecule has 1 aromatic rings. The number of aromatic carboxylic acids is 1. The summed E-state index contributed by atoms with van der Waals surface area (Å²) in [5.41, 5.74) is -0.675. The lowest BCUT2D eigenvalue weighted by molar-refractivity contribution is 0.0692. The Balaban J connectivity index is 3.39. The van der Waals surface area contributed by atoms with Crippen molar-refractivity contribution in [2.24, 2.45) is 0 Å². The Kier molecular flexibility index (Phi) is 2.36. The third-order valence-corrected chi connectivity index (χ3v) is 1.68. The molecule has 0 aliphatic rings. The summed E-state index contributed by atoms with van der Waals surface area (Å²) >= 11 is 0. The molecular formula is C8H9NO4. The summed E-state index contributed by atoms with van der Waals surface area (Å²) in [6.07, 6.45) is 1.12. The minimum Gasteiger partial charge on any atom is -0.507 e. The fraction of sp³-hybridized carbons (Fsp3) is 0.250. The Bertz CT molecular complexity index is 394. The van der Waals surface area contributed by atoms with Crippen LogP contribution in [0.4, 0.5) is 0 Å². The van der Waals surface area contributed by atoms with E-state index in [1.807, 2.05) is 0 Å². The average Bonchev–Trinajstić information content (AvgIpc) is 2.03. The van der Waals surface area contributed by atoms with E-state index in [0.29, 0.717) is 6.54 Å². The third kappa shape index (κ3) is 1.69. The van der Waals surface area contributed by atoms with Crippen molar-refractivity contribution < 1.29 is 15.0 Å². The Morgan fingerprint density at radius 2 is 2.23 bits per heavy atom. The summed E-state index contributed by atoms with van der Waals surface area (Å²) in [6, 6.07) is 0.896. The van der Waals surface area contributed by atoms with Crippen molar-refractivity contribution in [1.29, 1.82) is 0 Å². The number of aromatic nitrogens is 1. The van der Waals surface area contributed by atoms with Crippen LogP contribution in [-0.2, 0) is 6.54 Å². The number of rotatable bonds is 2. The molecule has 1 aromatic heterocycles. The van der Waals surface area contributed by atoms with Crippen LogP contribution >= 0.6 is 0 Å². The van der Waals surface area contributed by atoms with E-state index in [2.05, 4.69) is 0 Å². The number of hydrogen-bond acceptors (Lipinski definition) is 3. The van der Waals surface area contributed by atoms with E-state index in [1.165, 1.54) is 4.57 Å². The Labute approximate surface area is 73.9 Å². The van der Waals surface area contributed by atoms with E-state index < -0.39 is 17.3 Å². The Morgan fingerprint density at radius 1 is 1.62 bits per heavy atom. The fourth-order valence-electron chi connectivity index (χ4n) is 0.975. The highest BCUT2D eigenvalue weighted by Crippen LogP contribution is 2.12. The first kappa shape index (κ1) is 9.31. The van der Waals surface area contributed by atoms with Gasteiger partial charge in [0.25, 0.3) is 5.56 Å². The highest BCUT2D eigenvalue weighted by Gasteiger charge is 2.11. The molecule has 0 spiro atoms. The van der Waals surface area contributed by atoms with Crippen LogP contribution in [0.1, 0.15) is 17.3 Å². The number of pyridine rings is 1. The minimum absolute atomic E-state index is 0.263. The molecule has 0 fully saturated rings. The number of aromatic hydroxyl groups is 1. The molecule has 5 nitrogen and oxygen atoms in total. The maximum absolute atomic E-state index is 11.1. The van der Waals surface area contributed by atoms with Gasteiger partial charge in [0.05, 0.1) is 0 Å². The Morgan fingerprint density at radius 3 is 2.69 bits per heavy atom. The van der Waals surface area contributed by atoms with Crippen molar-refractivity contribution in [3.05, 3.63) is 28.2 Å². The molecule has 5 heteroatoms. The smallest absolute Gasteiger partial charge is 0.340 e. The molecule has 13 heavy (non-hydrogen) atoms. The van der Waals surface area contributed by atoms with Gasteiger partial charge in [0.2, 0.25) is 0 Å². The van der Waals surface area contributed by atoms with Crippen LogP contribution in [0.5, 0.6) is 5.75 Å².